The Morgan fingerprint density at radius 2 is 2.37 bits per heavy atom. The molecule has 0 spiro atoms. The van der Waals surface area contributed by atoms with E-state index >= 15 is 0 Å². The summed E-state index contributed by atoms with van der Waals surface area (Å²) in [6.07, 6.45) is 3.44. The molecule has 0 saturated heterocycles. The molecule has 0 aliphatic rings. The molecule has 0 saturated carbocycles. The number of oxazole rings is 1. The van der Waals surface area contributed by atoms with E-state index in [0.717, 1.165) is 5.56 Å². The van der Waals surface area contributed by atoms with Gasteiger partial charge in [-0.3, -0.25) is 4.98 Å². The lowest BCUT2D eigenvalue weighted by atomic mass is 9.99. The normalized spacial score (nSPS) is 12.4. The van der Waals surface area contributed by atoms with E-state index in [0.29, 0.717) is 16.9 Å². The highest BCUT2D eigenvalue weighted by molar-refractivity contribution is 5.73. The molecule has 6 nitrogen and oxygen atoms in total. The van der Waals surface area contributed by atoms with E-state index in [1.54, 1.807) is 35.2 Å². The number of benzene rings is 1. The van der Waals surface area contributed by atoms with Crippen LogP contribution < -0.4 is 5.76 Å². The summed E-state index contributed by atoms with van der Waals surface area (Å²) in [4.78, 5) is 17.9. The summed E-state index contributed by atoms with van der Waals surface area (Å²) < 4.78 is 6.74. The largest absolute Gasteiger partial charge is 0.417 e. The van der Waals surface area contributed by atoms with Gasteiger partial charge in [-0.2, -0.15) is 5.26 Å². The first-order valence-corrected chi connectivity index (χ1v) is 5.68. The zero-order valence-electron chi connectivity index (χ0n) is 10.1. The number of rotatable bonds is 2. The maximum atomic E-state index is 11.1. The molecule has 0 aliphatic carbocycles. The van der Waals surface area contributed by atoms with Crippen LogP contribution in [0, 0.1) is 11.3 Å². The molecule has 19 heavy (non-hydrogen) atoms. The Morgan fingerprint density at radius 1 is 1.53 bits per heavy atom. The minimum Gasteiger partial charge on any atom is -0.408 e. The summed E-state index contributed by atoms with van der Waals surface area (Å²) in [5.74, 6) is -0.326. The lowest BCUT2D eigenvalue weighted by Gasteiger charge is -2.09. The Labute approximate surface area is 107 Å². The predicted octanol–water partition coefficient (Wildman–Crippen LogP) is 1.51. The molecule has 0 radical (unpaired) electrons. The van der Waals surface area contributed by atoms with Crippen molar-refractivity contribution in [2.75, 3.05) is 0 Å². The van der Waals surface area contributed by atoms with Crippen molar-refractivity contribution < 1.29 is 4.42 Å². The first kappa shape index (κ1) is 11.3. The van der Waals surface area contributed by atoms with Crippen LogP contribution in [0.25, 0.3) is 11.1 Å². The van der Waals surface area contributed by atoms with Crippen LogP contribution in [0.4, 0.5) is 0 Å². The van der Waals surface area contributed by atoms with Crippen molar-refractivity contribution in [2.45, 2.75) is 5.92 Å². The van der Waals surface area contributed by atoms with Crippen molar-refractivity contribution >= 4 is 11.1 Å². The van der Waals surface area contributed by atoms with Gasteiger partial charge < -0.3 is 8.98 Å². The van der Waals surface area contributed by atoms with Crippen molar-refractivity contribution in [3.8, 4) is 6.07 Å². The predicted molar refractivity (Wildman–Crippen MR) is 67.5 cm³/mol. The Hall–Kier alpha value is -2.81. The maximum Gasteiger partial charge on any atom is 0.417 e. The van der Waals surface area contributed by atoms with Gasteiger partial charge >= 0.3 is 5.76 Å². The van der Waals surface area contributed by atoms with Crippen LogP contribution in [0.2, 0.25) is 0 Å². The number of fused-ring (bicyclic) bond motifs is 1. The number of nitriles is 1. The van der Waals surface area contributed by atoms with E-state index in [-0.39, 0.29) is 0 Å². The third-order valence-corrected chi connectivity index (χ3v) is 3.02. The molecule has 1 unspecified atom stereocenters. The van der Waals surface area contributed by atoms with Crippen LogP contribution in [-0.4, -0.2) is 14.5 Å². The topological polar surface area (TPSA) is 87.6 Å². The van der Waals surface area contributed by atoms with Crippen molar-refractivity contribution in [3.63, 3.8) is 0 Å². The quantitative estimate of drug-likeness (QED) is 0.750. The lowest BCUT2D eigenvalue weighted by molar-refractivity contribution is 0.555. The average Bonchev–Trinajstić information content (AvgIpc) is 2.95. The fourth-order valence-electron chi connectivity index (χ4n) is 2.09. The van der Waals surface area contributed by atoms with Crippen LogP contribution in [0.3, 0.4) is 0 Å². The van der Waals surface area contributed by atoms with Gasteiger partial charge in [0.2, 0.25) is 0 Å². The number of nitrogens with zero attached hydrogens (tertiary/aromatic N) is 3. The monoisotopic (exact) mass is 254 g/mol. The zero-order valence-corrected chi connectivity index (χ0v) is 10.1. The molecule has 2 aromatic heterocycles. The Bertz CT molecular complexity index is 834. The highest BCUT2D eigenvalue weighted by Gasteiger charge is 2.18. The maximum absolute atomic E-state index is 11.1. The first-order chi connectivity index (χ1) is 9.19. The van der Waals surface area contributed by atoms with Gasteiger partial charge in [0.1, 0.15) is 11.7 Å². The molecule has 0 bridgehead atoms. The van der Waals surface area contributed by atoms with Gasteiger partial charge in [0.25, 0.3) is 0 Å². The summed E-state index contributed by atoms with van der Waals surface area (Å²) in [6.45, 7) is 0. The molecule has 6 heteroatoms. The lowest BCUT2D eigenvalue weighted by Crippen LogP contribution is -2.05. The van der Waals surface area contributed by atoms with E-state index in [9.17, 15) is 10.1 Å². The van der Waals surface area contributed by atoms with Gasteiger partial charge in [0.15, 0.2) is 5.58 Å². The molecule has 0 amide bonds. The van der Waals surface area contributed by atoms with Crippen molar-refractivity contribution in [3.05, 3.63) is 52.5 Å². The minimum atomic E-state index is -0.502. The highest BCUT2D eigenvalue weighted by Crippen LogP contribution is 2.24. The number of nitrogens with one attached hydrogen (secondary N) is 1. The fourth-order valence-corrected chi connectivity index (χ4v) is 2.09. The molecule has 94 valence electrons. The summed E-state index contributed by atoms with van der Waals surface area (Å²) in [5.41, 5.74) is 1.82. The van der Waals surface area contributed by atoms with E-state index in [1.165, 1.54) is 0 Å². The number of aromatic amines is 1. The van der Waals surface area contributed by atoms with Crippen molar-refractivity contribution in [2.24, 2.45) is 7.05 Å². The molecule has 2 heterocycles. The molecule has 1 aromatic carbocycles. The standard InChI is InChI=1S/C13H10N4O2/c1-17-5-4-15-12(17)9(7-14)8-2-3-11-10(6-8)16-13(18)19-11/h2-6,9H,1H3,(H,16,18). The highest BCUT2D eigenvalue weighted by atomic mass is 16.4. The second-order valence-electron chi connectivity index (χ2n) is 4.23. The molecule has 3 aromatic rings. The number of imidazole rings is 1. The Kier molecular flexibility index (Phi) is 2.46. The van der Waals surface area contributed by atoms with Gasteiger partial charge in [-0.1, -0.05) is 6.07 Å². The number of H-pyrrole nitrogens is 1. The van der Waals surface area contributed by atoms with E-state index in [1.807, 2.05) is 7.05 Å². The molecule has 1 N–H and O–H groups in total. The summed E-state index contributed by atoms with van der Waals surface area (Å²) in [6, 6.07) is 7.41. The van der Waals surface area contributed by atoms with Gasteiger partial charge in [0, 0.05) is 19.4 Å². The van der Waals surface area contributed by atoms with Crippen molar-refractivity contribution in [1.29, 1.82) is 5.26 Å². The van der Waals surface area contributed by atoms with Crippen LogP contribution >= 0.6 is 0 Å². The van der Waals surface area contributed by atoms with Crippen molar-refractivity contribution in [1.82, 2.24) is 14.5 Å². The van der Waals surface area contributed by atoms with Gasteiger partial charge in [-0.05, 0) is 17.7 Å². The third kappa shape index (κ3) is 1.81. The van der Waals surface area contributed by atoms with Gasteiger partial charge in [0.05, 0.1) is 11.6 Å². The molecule has 1 atom stereocenters. The molecule has 0 aliphatic heterocycles. The Balaban J connectivity index is 2.14. The molecular weight excluding hydrogens is 244 g/mol. The minimum absolute atomic E-state index is 0.477. The van der Waals surface area contributed by atoms with Crippen LogP contribution in [0.1, 0.15) is 17.3 Å². The van der Waals surface area contributed by atoms with Gasteiger partial charge in [-0.15, -0.1) is 0 Å². The van der Waals surface area contributed by atoms with Gasteiger partial charge in [-0.25, -0.2) is 9.78 Å². The van der Waals surface area contributed by atoms with Crippen LogP contribution in [-0.2, 0) is 7.05 Å². The average molecular weight is 254 g/mol. The summed E-state index contributed by atoms with van der Waals surface area (Å²) in [5, 5.41) is 9.35. The number of aryl methyl sites for hydroxylation is 1. The smallest absolute Gasteiger partial charge is 0.408 e. The number of aromatic nitrogens is 3. The Morgan fingerprint density at radius 3 is 3.05 bits per heavy atom. The molecular formula is C13H10N4O2. The SMILES string of the molecule is Cn1ccnc1C(C#N)c1ccc2oc(=O)[nH]c2c1. The second-order valence-corrected chi connectivity index (χ2v) is 4.23. The summed E-state index contributed by atoms with van der Waals surface area (Å²) in [7, 11) is 1.84. The van der Waals surface area contributed by atoms with Crippen LogP contribution in [0.15, 0.2) is 39.8 Å². The number of hydrogen-bond acceptors (Lipinski definition) is 4. The van der Waals surface area contributed by atoms with E-state index < -0.39 is 11.7 Å². The van der Waals surface area contributed by atoms with E-state index in [2.05, 4.69) is 16.0 Å². The zero-order chi connectivity index (χ0) is 13.4. The van der Waals surface area contributed by atoms with Crippen LogP contribution in [0.5, 0.6) is 0 Å². The fraction of sp³-hybridized carbons (Fsp3) is 0.154. The third-order valence-electron chi connectivity index (χ3n) is 3.02. The summed E-state index contributed by atoms with van der Waals surface area (Å²) >= 11 is 0. The molecule has 0 fully saturated rings. The van der Waals surface area contributed by atoms with E-state index in [4.69, 9.17) is 4.42 Å². The first-order valence-electron chi connectivity index (χ1n) is 5.68. The second kappa shape index (κ2) is 4.14. The molecule has 3 rings (SSSR count). The number of hydrogen-bond donors (Lipinski definition) is 1.